The Morgan fingerprint density at radius 1 is 1.52 bits per heavy atom. The van der Waals surface area contributed by atoms with Gasteiger partial charge in [-0.25, -0.2) is 0 Å². The van der Waals surface area contributed by atoms with Gasteiger partial charge in [-0.05, 0) is 12.1 Å². The van der Waals surface area contributed by atoms with E-state index >= 15 is 0 Å². The van der Waals surface area contributed by atoms with Crippen molar-refractivity contribution in [2.75, 3.05) is 33.4 Å². The fraction of sp³-hybridized carbons (Fsp3) is 0.615. The summed E-state index contributed by atoms with van der Waals surface area (Å²) in [6, 6.07) is 1.36. The molecule has 2 aliphatic heterocycles. The predicted octanol–water partition coefficient (Wildman–Crippen LogP) is -0.245. The zero-order valence-electron chi connectivity index (χ0n) is 11.9. The zero-order chi connectivity index (χ0) is 15.0. The summed E-state index contributed by atoms with van der Waals surface area (Å²) in [6.45, 7) is 3.49. The van der Waals surface area contributed by atoms with E-state index in [1.165, 1.54) is 13.2 Å². The van der Waals surface area contributed by atoms with Crippen molar-refractivity contribution in [3.8, 4) is 5.88 Å². The number of likely N-dealkylation sites (tertiary alicyclic amines) is 1. The SMILES string of the molecule is CCN1C(=O)CO[C@@H]2CN(C(=O)c3cc(OC)no3)C[C@H]21. The van der Waals surface area contributed by atoms with E-state index in [0.29, 0.717) is 19.6 Å². The Bertz CT molecular complexity index is 558. The lowest BCUT2D eigenvalue weighted by molar-refractivity contribution is -0.152. The monoisotopic (exact) mass is 295 g/mol. The van der Waals surface area contributed by atoms with Crippen LogP contribution in [0.1, 0.15) is 17.5 Å². The van der Waals surface area contributed by atoms with Gasteiger partial charge in [0.2, 0.25) is 11.7 Å². The van der Waals surface area contributed by atoms with E-state index in [9.17, 15) is 9.59 Å². The maximum absolute atomic E-state index is 12.4. The first-order chi connectivity index (χ1) is 10.1. The highest BCUT2D eigenvalue weighted by Crippen LogP contribution is 2.25. The predicted molar refractivity (Wildman–Crippen MR) is 69.9 cm³/mol. The molecule has 8 nitrogen and oxygen atoms in total. The minimum Gasteiger partial charge on any atom is -0.479 e. The van der Waals surface area contributed by atoms with E-state index in [2.05, 4.69) is 5.16 Å². The summed E-state index contributed by atoms with van der Waals surface area (Å²) >= 11 is 0. The summed E-state index contributed by atoms with van der Waals surface area (Å²) < 4.78 is 15.4. The Kier molecular flexibility index (Phi) is 3.54. The van der Waals surface area contributed by atoms with Crippen LogP contribution in [0.2, 0.25) is 0 Å². The fourth-order valence-corrected chi connectivity index (χ4v) is 2.85. The summed E-state index contributed by atoms with van der Waals surface area (Å²) in [6.07, 6.45) is -0.142. The molecular weight excluding hydrogens is 278 g/mol. The zero-order valence-corrected chi connectivity index (χ0v) is 11.9. The number of rotatable bonds is 3. The molecule has 0 bridgehead atoms. The molecule has 0 aromatic carbocycles. The number of ether oxygens (including phenoxy) is 2. The van der Waals surface area contributed by atoms with E-state index in [1.54, 1.807) is 9.80 Å². The minimum absolute atomic E-state index is 0.0330. The Morgan fingerprint density at radius 2 is 2.33 bits per heavy atom. The first-order valence-corrected chi connectivity index (χ1v) is 6.85. The molecule has 21 heavy (non-hydrogen) atoms. The van der Waals surface area contributed by atoms with Crippen molar-refractivity contribution in [1.82, 2.24) is 15.0 Å². The molecule has 0 unspecified atom stereocenters. The normalized spacial score (nSPS) is 25.1. The molecule has 0 spiro atoms. The molecule has 114 valence electrons. The number of carbonyl (C=O) groups is 2. The van der Waals surface area contributed by atoms with E-state index in [4.69, 9.17) is 14.0 Å². The molecule has 8 heteroatoms. The molecule has 1 aromatic heterocycles. The highest BCUT2D eigenvalue weighted by molar-refractivity contribution is 5.92. The number of hydrogen-bond acceptors (Lipinski definition) is 6. The molecule has 3 rings (SSSR count). The Labute approximate surface area is 121 Å². The molecule has 3 heterocycles. The lowest BCUT2D eigenvalue weighted by Crippen LogP contribution is -2.53. The molecule has 1 aromatic rings. The van der Waals surface area contributed by atoms with Crippen molar-refractivity contribution >= 4 is 11.8 Å². The number of morpholine rings is 1. The van der Waals surface area contributed by atoms with Gasteiger partial charge < -0.3 is 23.8 Å². The van der Waals surface area contributed by atoms with Gasteiger partial charge in [0.05, 0.1) is 25.3 Å². The van der Waals surface area contributed by atoms with Crippen molar-refractivity contribution in [1.29, 1.82) is 0 Å². The second kappa shape index (κ2) is 5.36. The van der Waals surface area contributed by atoms with Crippen LogP contribution in [0.15, 0.2) is 10.6 Å². The van der Waals surface area contributed by atoms with Gasteiger partial charge in [0.15, 0.2) is 0 Å². The highest BCUT2D eigenvalue weighted by Gasteiger charge is 2.44. The van der Waals surface area contributed by atoms with Gasteiger partial charge >= 0.3 is 0 Å². The van der Waals surface area contributed by atoms with Crippen LogP contribution in [0.25, 0.3) is 0 Å². The van der Waals surface area contributed by atoms with Crippen LogP contribution in [0.3, 0.4) is 0 Å². The standard InChI is InChI=1S/C13H17N3O5/c1-3-16-8-5-15(6-10(8)20-7-12(16)17)13(18)9-4-11(19-2)14-21-9/h4,8,10H,3,5-7H2,1-2H3/t8-,10-/m1/s1. The topological polar surface area (TPSA) is 85.1 Å². The van der Waals surface area contributed by atoms with E-state index in [-0.39, 0.29) is 42.2 Å². The summed E-state index contributed by atoms with van der Waals surface area (Å²) in [5, 5.41) is 3.62. The van der Waals surface area contributed by atoms with Crippen LogP contribution in [0, 0.1) is 0 Å². The molecule has 2 amide bonds. The molecule has 0 N–H and O–H groups in total. The van der Waals surface area contributed by atoms with Crippen molar-refractivity contribution in [2.45, 2.75) is 19.1 Å². The van der Waals surface area contributed by atoms with Crippen molar-refractivity contribution < 1.29 is 23.6 Å². The smallest absolute Gasteiger partial charge is 0.292 e. The Hall–Kier alpha value is -2.09. The molecule has 0 radical (unpaired) electrons. The van der Waals surface area contributed by atoms with Crippen LogP contribution in [-0.4, -0.2) is 72.3 Å². The number of nitrogens with zero attached hydrogens (tertiary/aromatic N) is 3. The lowest BCUT2D eigenvalue weighted by atomic mass is 10.1. The molecule has 0 saturated carbocycles. The van der Waals surface area contributed by atoms with Crippen LogP contribution < -0.4 is 4.74 Å². The van der Waals surface area contributed by atoms with E-state index < -0.39 is 0 Å². The average molecular weight is 295 g/mol. The number of carbonyl (C=O) groups excluding carboxylic acids is 2. The summed E-state index contributed by atoms with van der Waals surface area (Å²) in [5.74, 6) is 0.0816. The van der Waals surface area contributed by atoms with Gasteiger partial charge in [-0.3, -0.25) is 9.59 Å². The largest absolute Gasteiger partial charge is 0.479 e. The number of aromatic nitrogens is 1. The van der Waals surface area contributed by atoms with Crippen molar-refractivity contribution in [3.05, 3.63) is 11.8 Å². The maximum atomic E-state index is 12.4. The fourth-order valence-electron chi connectivity index (χ4n) is 2.85. The van der Waals surface area contributed by atoms with Crippen molar-refractivity contribution in [3.63, 3.8) is 0 Å². The number of methoxy groups -OCH3 is 1. The average Bonchev–Trinajstić information content (AvgIpc) is 3.13. The van der Waals surface area contributed by atoms with Crippen LogP contribution >= 0.6 is 0 Å². The molecule has 2 atom stereocenters. The minimum atomic E-state index is -0.271. The summed E-state index contributed by atoms with van der Waals surface area (Å²) in [5.41, 5.74) is 0. The Balaban J connectivity index is 1.74. The van der Waals surface area contributed by atoms with Gasteiger partial charge in [0.25, 0.3) is 11.8 Å². The van der Waals surface area contributed by atoms with Gasteiger partial charge in [0.1, 0.15) is 6.61 Å². The first-order valence-electron chi connectivity index (χ1n) is 6.85. The molecule has 0 aliphatic carbocycles. The number of fused-ring (bicyclic) bond motifs is 1. The van der Waals surface area contributed by atoms with Crippen LogP contribution in [0.4, 0.5) is 0 Å². The lowest BCUT2D eigenvalue weighted by Gasteiger charge is -2.35. The summed E-state index contributed by atoms with van der Waals surface area (Å²) in [7, 11) is 1.45. The van der Waals surface area contributed by atoms with Crippen molar-refractivity contribution in [2.24, 2.45) is 0 Å². The van der Waals surface area contributed by atoms with Gasteiger partial charge in [-0.15, -0.1) is 0 Å². The van der Waals surface area contributed by atoms with Gasteiger partial charge in [-0.1, -0.05) is 0 Å². The van der Waals surface area contributed by atoms with Crippen LogP contribution in [-0.2, 0) is 9.53 Å². The highest BCUT2D eigenvalue weighted by atomic mass is 16.5. The number of hydrogen-bond donors (Lipinski definition) is 0. The van der Waals surface area contributed by atoms with Gasteiger partial charge in [-0.2, -0.15) is 0 Å². The quantitative estimate of drug-likeness (QED) is 0.765. The van der Waals surface area contributed by atoms with E-state index in [1.807, 2.05) is 6.92 Å². The van der Waals surface area contributed by atoms with Crippen LogP contribution in [0.5, 0.6) is 5.88 Å². The number of likely N-dealkylation sites (N-methyl/N-ethyl adjacent to an activating group) is 1. The van der Waals surface area contributed by atoms with E-state index in [0.717, 1.165) is 0 Å². The third-order valence-electron chi connectivity index (χ3n) is 3.91. The molecule has 2 fully saturated rings. The molecule has 2 aliphatic rings. The molecule has 2 saturated heterocycles. The first kappa shape index (κ1) is 13.9. The maximum Gasteiger partial charge on any atom is 0.292 e. The molecular formula is C13H17N3O5. The van der Waals surface area contributed by atoms with Gasteiger partial charge in [0, 0.05) is 19.6 Å². The Morgan fingerprint density at radius 3 is 3.00 bits per heavy atom. The number of amides is 2. The second-order valence-corrected chi connectivity index (χ2v) is 5.04. The third kappa shape index (κ3) is 2.35. The second-order valence-electron chi connectivity index (χ2n) is 5.04. The third-order valence-corrected chi connectivity index (χ3v) is 3.91. The summed E-state index contributed by atoms with van der Waals surface area (Å²) in [4.78, 5) is 27.6.